The molecule has 5 heteroatoms. The molecule has 0 unspecified atom stereocenters. The van der Waals surface area contributed by atoms with Crippen molar-refractivity contribution in [1.29, 1.82) is 0 Å². The molecule has 0 aromatic rings. The highest BCUT2D eigenvalue weighted by atomic mass is 16.4. The van der Waals surface area contributed by atoms with Gasteiger partial charge in [0.25, 0.3) is 0 Å². The van der Waals surface area contributed by atoms with Crippen LogP contribution >= 0.6 is 0 Å². The molecule has 106 valence electrons. The van der Waals surface area contributed by atoms with Crippen molar-refractivity contribution in [2.24, 2.45) is 11.5 Å². The Kier molecular flexibility index (Phi) is 8.58. The molecular weight excluding hydrogens is 232 g/mol. The first-order valence-corrected chi connectivity index (χ1v) is 6.74. The van der Waals surface area contributed by atoms with Gasteiger partial charge in [0.05, 0.1) is 0 Å². The first-order valence-electron chi connectivity index (χ1n) is 6.74. The van der Waals surface area contributed by atoms with Crippen LogP contribution in [0.2, 0.25) is 0 Å². The Morgan fingerprint density at radius 1 is 1.11 bits per heavy atom. The van der Waals surface area contributed by atoms with Crippen molar-refractivity contribution in [3.8, 4) is 0 Å². The fourth-order valence-corrected chi connectivity index (χ4v) is 1.86. The molecule has 0 aromatic heterocycles. The monoisotopic (exact) mass is 258 g/mol. The van der Waals surface area contributed by atoms with E-state index in [-0.39, 0.29) is 18.6 Å². The summed E-state index contributed by atoms with van der Waals surface area (Å²) in [4.78, 5) is 23.0. The minimum atomic E-state index is -1.75. The summed E-state index contributed by atoms with van der Waals surface area (Å²) in [6.45, 7) is 2.46. The Morgan fingerprint density at radius 2 is 1.72 bits per heavy atom. The zero-order valence-corrected chi connectivity index (χ0v) is 11.3. The van der Waals surface area contributed by atoms with E-state index >= 15 is 0 Å². The van der Waals surface area contributed by atoms with Gasteiger partial charge in [0.1, 0.15) is 0 Å². The summed E-state index contributed by atoms with van der Waals surface area (Å²) >= 11 is 0. The molecular formula is C13H26N2O3. The summed E-state index contributed by atoms with van der Waals surface area (Å²) in [5, 5.41) is 9.08. The van der Waals surface area contributed by atoms with E-state index < -0.39 is 11.5 Å². The minimum Gasteiger partial charge on any atom is -0.480 e. The number of hydrogen-bond donors (Lipinski definition) is 3. The van der Waals surface area contributed by atoms with Crippen LogP contribution in [0.25, 0.3) is 0 Å². The lowest BCUT2D eigenvalue weighted by molar-refractivity contribution is -0.148. The number of hydrogen-bond acceptors (Lipinski definition) is 4. The number of ketones is 1. The number of nitrogens with two attached hydrogens (primary N) is 2. The zero-order chi connectivity index (χ0) is 14.0. The first-order chi connectivity index (χ1) is 8.49. The third-order valence-electron chi connectivity index (χ3n) is 3.16. The average Bonchev–Trinajstić information content (AvgIpc) is 2.35. The highest BCUT2D eigenvalue weighted by molar-refractivity contribution is 6.07. The van der Waals surface area contributed by atoms with Gasteiger partial charge in [-0.25, -0.2) is 4.79 Å². The average molecular weight is 258 g/mol. The smallest absolute Gasteiger partial charge is 0.331 e. The van der Waals surface area contributed by atoms with Crippen LogP contribution in [0.5, 0.6) is 0 Å². The molecule has 5 N–H and O–H groups in total. The standard InChI is InChI=1S/C13H26N2O3/c1-2-3-4-5-6-8-11(16)13(15,12(17)18)9-7-10-14/h2-10,14-15H2,1H3,(H,17,18)/t13-/m1/s1. The molecule has 0 aliphatic carbocycles. The number of carboxylic acids is 1. The quantitative estimate of drug-likeness (QED) is 0.384. The van der Waals surface area contributed by atoms with Crippen LogP contribution in [-0.4, -0.2) is 28.9 Å². The van der Waals surface area contributed by atoms with E-state index in [1.165, 1.54) is 0 Å². The highest BCUT2D eigenvalue weighted by Gasteiger charge is 2.40. The maximum atomic E-state index is 11.9. The lowest BCUT2D eigenvalue weighted by Gasteiger charge is -2.22. The molecule has 0 aliphatic heterocycles. The van der Waals surface area contributed by atoms with Crippen molar-refractivity contribution < 1.29 is 14.7 Å². The van der Waals surface area contributed by atoms with E-state index in [0.29, 0.717) is 19.4 Å². The molecule has 0 heterocycles. The van der Waals surface area contributed by atoms with Crippen molar-refractivity contribution >= 4 is 11.8 Å². The molecule has 0 aromatic carbocycles. The van der Waals surface area contributed by atoms with Crippen molar-refractivity contribution in [2.45, 2.75) is 63.8 Å². The Morgan fingerprint density at radius 3 is 2.22 bits per heavy atom. The molecule has 18 heavy (non-hydrogen) atoms. The summed E-state index contributed by atoms with van der Waals surface area (Å²) in [5.74, 6) is -1.62. The van der Waals surface area contributed by atoms with E-state index in [1.807, 2.05) is 0 Å². The van der Waals surface area contributed by atoms with Crippen LogP contribution in [0.4, 0.5) is 0 Å². The second kappa shape index (κ2) is 9.05. The summed E-state index contributed by atoms with van der Waals surface area (Å²) in [5.41, 5.74) is 9.29. The zero-order valence-electron chi connectivity index (χ0n) is 11.3. The number of carbonyl (C=O) groups excluding carboxylic acids is 1. The van der Waals surface area contributed by atoms with Gasteiger partial charge < -0.3 is 16.6 Å². The molecule has 0 radical (unpaired) electrons. The molecule has 0 fully saturated rings. The van der Waals surface area contributed by atoms with Crippen LogP contribution in [0.3, 0.4) is 0 Å². The Bertz CT molecular complexity index is 269. The number of aliphatic carboxylic acids is 1. The SMILES string of the molecule is CCCCCCCC(=O)[C@](N)(CCCN)C(=O)O. The van der Waals surface area contributed by atoms with Crippen LogP contribution < -0.4 is 11.5 Å². The Hall–Kier alpha value is -0.940. The molecule has 0 spiro atoms. The van der Waals surface area contributed by atoms with Crippen molar-refractivity contribution in [1.82, 2.24) is 0 Å². The minimum absolute atomic E-state index is 0.118. The van der Waals surface area contributed by atoms with Gasteiger partial charge in [-0.05, 0) is 25.8 Å². The third kappa shape index (κ3) is 5.60. The van der Waals surface area contributed by atoms with Gasteiger partial charge in [0.15, 0.2) is 11.3 Å². The van der Waals surface area contributed by atoms with Gasteiger partial charge >= 0.3 is 5.97 Å². The first kappa shape index (κ1) is 17.1. The molecule has 0 bridgehead atoms. The van der Waals surface area contributed by atoms with Crippen LogP contribution in [0.15, 0.2) is 0 Å². The largest absolute Gasteiger partial charge is 0.480 e. The second-order valence-electron chi connectivity index (χ2n) is 4.76. The molecule has 0 aliphatic rings. The van der Waals surface area contributed by atoms with Crippen molar-refractivity contribution in [3.63, 3.8) is 0 Å². The van der Waals surface area contributed by atoms with Crippen LogP contribution in [0.1, 0.15) is 58.3 Å². The number of carbonyl (C=O) groups is 2. The normalized spacial score (nSPS) is 14.2. The summed E-state index contributed by atoms with van der Waals surface area (Å²) < 4.78 is 0. The molecule has 5 nitrogen and oxygen atoms in total. The van der Waals surface area contributed by atoms with E-state index in [1.54, 1.807) is 0 Å². The maximum Gasteiger partial charge on any atom is 0.331 e. The van der Waals surface area contributed by atoms with Gasteiger partial charge in [-0.15, -0.1) is 0 Å². The van der Waals surface area contributed by atoms with Crippen molar-refractivity contribution in [2.75, 3.05) is 6.54 Å². The van der Waals surface area contributed by atoms with Gasteiger partial charge in [0, 0.05) is 6.42 Å². The highest BCUT2D eigenvalue weighted by Crippen LogP contribution is 2.16. The molecule has 0 saturated heterocycles. The molecule has 0 amide bonds. The van der Waals surface area contributed by atoms with Crippen molar-refractivity contribution in [3.05, 3.63) is 0 Å². The van der Waals surface area contributed by atoms with E-state index in [4.69, 9.17) is 16.6 Å². The van der Waals surface area contributed by atoms with E-state index in [9.17, 15) is 9.59 Å². The van der Waals surface area contributed by atoms with Crippen LogP contribution in [-0.2, 0) is 9.59 Å². The number of rotatable bonds is 11. The third-order valence-corrected chi connectivity index (χ3v) is 3.16. The fourth-order valence-electron chi connectivity index (χ4n) is 1.86. The summed E-state index contributed by atoms with van der Waals surface area (Å²) in [6.07, 6.45) is 5.85. The predicted molar refractivity (Wildman–Crippen MR) is 71.2 cm³/mol. The van der Waals surface area contributed by atoms with Gasteiger partial charge in [-0.2, -0.15) is 0 Å². The number of carboxylic acid groups (broad SMARTS) is 1. The molecule has 0 saturated carbocycles. The van der Waals surface area contributed by atoms with Crippen LogP contribution in [0, 0.1) is 0 Å². The van der Waals surface area contributed by atoms with E-state index in [2.05, 4.69) is 6.92 Å². The van der Waals surface area contributed by atoms with E-state index in [0.717, 1.165) is 25.7 Å². The number of unbranched alkanes of at least 4 members (excludes halogenated alkanes) is 4. The lowest BCUT2D eigenvalue weighted by Crippen LogP contribution is -2.55. The van der Waals surface area contributed by atoms with Gasteiger partial charge in [0.2, 0.25) is 0 Å². The molecule has 0 rings (SSSR count). The maximum absolute atomic E-state index is 11.9. The Balaban J connectivity index is 4.18. The number of Topliss-reactive ketones (excluding diaryl/α,β-unsaturated/α-hetero) is 1. The van der Waals surface area contributed by atoms with Gasteiger partial charge in [-0.3, -0.25) is 4.79 Å². The summed E-state index contributed by atoms with van der Waals surface area (Å²) in [7, 11) is 0. The summed E-state index contributed by atoms with van der Waals surface area (Å²) in [6, 6.07) is 0. The predicted octanol–water partition coefficient (Wildman–Crippen LogP) is 1.44. The lowest BCUT2D eigenvalue weighted by atomic mass is 9.87. The fraction of sp³-hybridized carbons (Fsp3) is 0.846. The topological polar surface area (TPSA) is 106 Å². The Labute approximate surface area is 109 Å². The van der Waals surface area contributed by atoms with Gasteiger partial charge in [-0.1, -0.05) is 32.6 Å². The second-order valence-corrected chi connectivity index (χ2v) is 4.76. The molecule has 1 atom stereocenters.